The van der Waals surface area contributed by atoms with E-state index in [9.17, 15) is 9.59 Å². The SMILES string of the molecule is CC(C)C(=O)Nc1ccc(C[C@H]2CC[C@@H](c3nnc(NC(=O)Cc4ccccn4)s3)C2)nn1. The van der Waals surface area contributed by atoms with Crippen LogP contribution in [-0.2, 0) is 22.4 Å². The normalized spacial score (nSPS) is 17.8. The molecule has 2 atom stereocenters. The third-order valence-corrected chi connectivity index (χ3v) is 6.64. The number of hydrogen-bond donors (Lipinski definition) is 2. The Morgan fingerprint density at radius 1 is 1.03 bits per heavy atom. The molecule has 10 heteroatoms. The van der Waals surface area contributed by atoms with Gasteiger partial charge >= 0.3 is 0 Å². The summed E-state index contributed by atoms with van der Waals surface area (Å²) in [6, 6.07) is 9.24. The van der Waals surface area contributed by atoms with Gasteiger partial charge < -0.3 is 10.6 Å². The Bertz CT molecular complexity index is 1090. The van der Waals surface area contributed by atoms with E-state index < -0.39 is 0 Å². The zero-order valence-electron chi connectivity index (χ0n) is 18.7. The second kappa shape index (κ2) is 10.6. The summed E-state index contributed by atoms with van der Waals surface area (Å²) in [5, 5.41) is 24.0. The van der Waals surface area contributed by atoms with E-state index in [0.717, 1.165) is 42.1 Å². The molecule has 1 aliphatic carbocycles. The Balaban J connectivity index is 1.26. The molecule has 4 rings (SSSR count). The molecule has 0 spiro atoms. The standard InChI is InChI=1S/C23H27N7O2S/c1-14(2)21(32)25-19-9-8-18(27-28-19)12-15-6-7-16(11-15)22-29-30-23(33-22)26-20(31)13-17-5-3-4-10-24-17/h3-5,8-10,14-16H,6-7,11-13H2,1-2H3,(H,25,28,32)(H,26,30,31)/t15-,16+/m0/s1. The Morgan fingerprint density at radius 2 is 1.91 bits per heavy atom. The summed E-state index contributed by atoms with van der Waals surface area (Å²) in [5.74, 6) is 0.996. The molecule has 172 valence electrons. The Morgan fingerprint density at radius 3 is 2.64 bits per heavy atom. The summed E-state index contributed by atoms with van der Waals surface area (Å²) in [5.41, 5.74) is 1.64. The largest absolute Gasteiger partial charge is 0.309 e. The molecule has 1 aliphatic rings. The van der Waals surface area contributed by atoms with Gasteiger partial charge in [-0.05, 0) is 55.9 Å². The van der Waals surface area contributed by atoms with Crippen molar-refractivity contribution in [1.29, 1.82) is 0 Å². The highest BCUT2D eigenvalue weighted by atomic mass is 32.1. The number of pyridine rings is 1. The number of amides is 2. The molecule has 0 bridgehead atoms. The highest BCUT2D eigenvalue weighted by Crippen LogP contribution is 2.41. The molecule has 2 N–H and O–H groups in total. The fraction of sp³-hybridized carbons (Fsp3) is 0.435. The van der Waals surface area contributed by atoms with Crippen LogP contribution < -0.4 is 10.6 Å². The lowest BCUT2D eigenvalue weighted by Crippen LogP contribution is -2.19. The number of nitrogens with zero attached hydrogens (tertiary/aromatic N) is 5. The summed E-state index contributed by atoms with van der Waals surface area (Å²) in [4.78, 5) is 28.2. The van der Waals surface area contributed by atoms with Crippen molar-refractivity contribution in [3.05, 3.63) is 52.9 Å². The summed E-state index contributed by atoms with van der Waals surface area (Å²) < 4.78 is 0. The van der Waals surface area contributed by atoms with Crippen LogP contribution in [-0.4, -0.2) is 37.2 Å². The van der Waals surface area contributed by atoms with Crippen molar-refractivity contribution >= 4 is 34.1 Å². The van der Waals surface area contributed by atoms with Crippen LogP contribution in [0.15, 0.2) is 36.5 Å². The number of hydrogen-bond acceptors (Lipinski definition) is 8. The van der Waals surface area contributed by atoms with E-state index in [2.05, 4.69) is 36.0 Å². The number of carbonyl (C=O) groups is 2. The van der Waals surface area contributed by atoms with Gasteiger partial charge in [0.2, 0.25) is 16.9 Å². The van der Waals surface area contributed by atoms with Gasteiger partial charge in [-0.1, -0.05) is 31.3 Å². The predicted octanol–water partition coefficient (Wildman–Crippen LogP) is 3.63. The van der Waals surface area contributed by atoms with Crippen LogP contribution >= 0.6 is 11.3 Å². The molecule has 0 saturated heterocycles. The quantitative estimate of drug-likeness (QED) is 0.521. The van der Waals surface area contributed by atoms with Crippen molar-refractivity contribution in [2.45, 2.75) is 51.9 Å². The highest BCUT2D eigenvalue weighted by Gasteiger charge is 2.29. The molecule has 3 aromatic rings. The molecule has 0 radical (unpaired) electrons. The molecule has 0 unspecified atom stereocenters. The maximum atomic E-state index is 12.2. The van der Waals surface area contributed by atoms with Gasteiger partial charge in [-0.25, -0.2) is 0 Å². The van der Waals surface area contributed by atoms with E-state index in [1.165, 1.54) is 11.3 Å². The molecule has 3 aromatic heterocycles. The number of anilines is 2. The summed E-state index contributed by atoms with van der Waals surface area (Å²) in [6.45, 7) is 3.68. The van der Waals surface area contributed by atoms with Crippen molar-refractivity contribution in [1.82, 2.24) is 25.4 Å². The van der Waals surface area contributed by atoms with Crippen LogP contribution in [0.25, 0.3) is 0 Å². The van der Waals surface area contributed by atoms with E-state index in [4.69, 9.17) is 0 Å². The predicted molar refractivity (Wildman–Crippen MR) is 126 cm³/mol. The lowest BCUT2D eigenvalue weighted by molar-refractivity contribution is -0.119. The fourth-order valence-corrected chi connectivity index (χ4v) is 4.77. The maximum absolute atomic E-state index is 12.2. The minimum atomic E-state index is -0.146. The van der Waals surface area contributed by atoms with E-state index in [0.29, 0.717) is 22.8 Å². The molecular formula is C23H27N7O2S. The minimum absolute atomic E-state index is 0.0694. The van der Waals surface area contributed by atoms with Crippen molar-refractivity contribution in [2.75, 3.05) is 10.6 Å². The Kier molecular flexibility index (Phi) is 7.33. The maximum Gasteiger partial charge on any atom is 0.232 e. The first-order valence-electron chi connectivity index (χ1n) is 11.1. The summed E-state index contributed by atoms with van der Waals surface area (Å²) >= 11 is 1.44. The van der Waals surface area contributed by atoms with Crippen molar-refractivity contribution < 1.29 is 9.59 Å². The van der Waals surface area contributed by atoms with Crippen LogP contribution in [0.4, 0.5) is 10.9 Å². The average Bonchev–Trinajstić information content (AvgIpc) is 3.45. The summed E-state index contributed by atoms with van der Waals surface area (Å²) in [6.07, 6.45) is 5.85. The number of nitrogens with one attached hydrogen (secondary N) is 2. The number of rotatable bonds is 8. The number of aromatic nitrogens is 5. The van der Waals surface area contributed by atoms with E-state index in [-0.39, 0.29) is 24.2 Å². The van der Waals surface area contributed by atoms with Gasteiger partial charge in [0.15, 0.2) is 5.82 Å². The molecule has 3 heterocycles. The van der Waals surface area contributed by atoms with Gasteiger partial charge in [0.1, 0.15) is 5.01 Å². The summed E-state index contributed by atoms with van der Waals surface area (Å²) in [7, 11) is 0. The smallest absolute Gasteiger partial charge is 0.232 e. The average molecular weight is 466 g/mol. The molecule has 0 aliphatic heterocycles. The minimum Gasteiger partial charge on any atom is -0.309 e. The zero-order valence-corrected chi connectivity index (χ0v) is 19.5. The second-order valence-electron chi connectivity index (χ2n) is 8.63. The van der Waals surface area contributed by atoms with Crippen LogP contribution in [0.2, 0.25) is 0 Å². The van der Waals surface area contributed by atoms with E-state index in [1.54, 1.807) is 12.3 Å². The molecule has 1 fully saturated rings. The molecule has 9 nitrogen and oxygen atoms in total. The molecular weight excluding hydrogens is 438 g/mol. The topological polar surface area (TPSA) is 123 Å². The third kappa shape index (κ3) is 6.38. The van der Waals surface area contributed by atoms with E-state index >= 15 is 0 Å². The van der Waals surface area contributed by atoms with Crippen LogP contribution in [0, 0.1) is 11.8 Å². The molecule has 33 heavy (non-hydrogen) atoms. The van der Waals surface area contributed by atoms with Gasteiger partial charge in [-0.2, -0.15) is 5.10 Å². The van der Waals surface area contributed by atoms with Crippen LogP contribution in [0.3, 0.4) is 0 Å². The van der Waals surface area contributed by atoms with Gasteiger partial charge in [0, 0.05) is 23.7 Å². The van der Waals surface area contributed by atoms with E-state index in [1.807, 2.05) is 38.1 Å². The van der Waals surface area contributed by atoms with Gasteiger partial charge in [-0.15, -0.1) is 15.3 Å². The molecule has 2 amide bonds. The first-order chi connectivity index (χ1) is 16.0. The van der Waals surface area contributed by atoms with Crippen molar-refractivity contribution in [2.24, 2.45) is 11.8 Å². The zero-order chi connectivity index (χ0) is 23.2. The lowest BCUT2D eigenvalue weighted by Gasteiger charge is -2.10. The van der Waals surface area contributed by atoms with Gasteiger partial charge in [0.25, 0.3) is 0 Å². The van der Waals surface area contributed by atoms with Gasteiger partial charge in [0.05, 0.1) is 12.1 Å². The second-order valence-corrected chi connectivity index (χ2v) is 9.63. The monoisotopic (exact) mass is 465 g/mol. The highest BCUT2D eigenvalue weighted by molar-refractivity contribution is 7.15. The lowest BCUT2D eigenvalue weighted by atomic mass is 10.00. The third-order valence-electron chi connectivity index (χ3n) is 5.64. The van der Waals surface area contributed by atoms with Crippen molar-refractivity contribution in [3.8, 4) is 0 Å². The van der Waals surface area contributed by atoms with Crippen LogP contribution in [0.5, 0.6) is 0 Å². The fourth-order valence-electron chi connectivity index (χ4n) is 3.87. The molecule has 0 aromatic carbocycles. The van der Waals surface area contributed by atoms with Crippen LogP contribution in [0.1, 0.15) is 55.4 Å². The van der Waals surface area contributed by atoms with Gasteiger partial charge in [-0.3, -0.25) is 14.6 Å². The Labute approximate surface area is 196 Å². The number of carbonyl (C=O) groups excluding carboxylic acids is 2. The van der Waals surface area contributed by atoms with Crippen molar-refractivity contribution in [3.63, 3.8) is 0 Å². The first kappa shape index (κ1) is 22.9. The molecule has 1 saturated carbocycles. The first-order valence-corrected chi connectivity index (χ1v) is 11.9. The Hall–Kier alpha value is -3.27.